The molecule has 0 aromatic heterocycles. The van der Waals surface area contributed by atoms with Gasteiger partial charge in [0.25, 0.3) is 12.9 Å². The number of benzene rings is 10. The van der Waals surface area contributed by atoms with Crippen LogP contribution in [0.15, 0.2) is 97.1 Å². The van der Waals surface area contributed by atoms with Crippen LogP contribution in [0.3, 0.4) is 0 Å². The topological polar surface area (TPSA) is 214 Å². The lowest BCUT2D eigenvalue weighted by molar-refractivity contribution is -0.121. The lowest BCUT2D eigenvalue weighted by Gasteiger charge is -2.22. The van der Waals surface area contributed by atoms with Gasteiger partial charge in [0.05, 0.1) is 38.8 Å². The first-order valence-electron chi connectivity index (χ1n) is 18.6. The van der Waals surface area contributed by atoms with Crippen molar-refractivity contribution < 1.29 is 67.5 Å². The average molecular weight is 821 g/mol. The van der Waals surface area contributed by atoms with E-state index in [-0.39, 0.29) is 41.0 Å². The van der Waals surface area contributed by atoms with Crippen LogP contribution in [0.25, 0.3) is 86.2 Å². The summed E-state index contributed by atoms with van der Waals surface area (Å²) in [4.78, 5) is 95.2. The molecule has 14 nitrogen and oxygen atoms in total. The predicted octanol–water partition coefficient (Wildman–Crippen LogP) is 8.56. The van der Waals surface area contributed by atoms with Crippen molar-refractivity contribution in [2.45, 2.75) is 0 Å². The number of esters is 4. The number of carboxylic acid groups (broad SMARTS) is 2. The predicted molar refractivity (Wildman–Crippen MR) is 222 cm³/mol. The molecule has 0 atom stereocenters. The fourth-order valence-electron chi connectivity index (χ4n) is 9.44. The van der Waals surface area contributed by atoms with Crippen LogP contribution in [0.2, 0.25) is 0 Å². The van der Waals surface area contributed by atoms with Gasteiger partial charge < -0.3 is 29.2 Å². The van der Waals surface area contributed by atoms with Crippen molar-refractivity contribution in [2.24, 2.45) is 0 Å². The van der Waals surface area contributed by atoms with Crippen LogP contribution in [0.5, 0.6) is 11.5 Å². The molecule has 2 aliphatic rings. The number of carbonyl (C=O) groups excluding carboxylic acids is 6. The molecule has 10 aromatic carbocycles. The van der Waals surface area contributed by atoms with Crippen molar-refractivity contribution in [3.63, 3.8) is 0 Å². The van der Waals surface area contributed by atoms with Crippen molar-refractivity contribution in [1.29, 1.82) is 0 Å². The van der Waals surface area contributed by atoms with Gasteiger partial charge in [-0.1, -0.05) is 36.4 Å². The van der Waals surface area contributed by atoms with E-state index in [0.717, 1.165) is 32.3 Å². The van der Waals surface area contributed by atoms with E-state index in [1.165, 1.54) is 24.3 Å². The number of fused-ring (bicyclic) bond motifs is 4. The van der Waals surface area contributed by atoms with Gasteiger partial charge in [0.15, 0.2) is 0 Å². The molecule has 0 aliphatic carbocycles. The van der Waals surface area contributed by atoms with E-state index in [1.54, 1.807) is 48.5 Å². The summed E-state index contributed by atoms with van der Waals surface area (Å²) < 4.78 is 20.0. The molecular formula is C48H20O14. The molecule has 2 aliphatic heterocycles. The first-order chi connectivity index (χ1) is 30.0. The minimum atomic E-state index is -1.24. The summed E-state index contributed by atoms with van der Waals surface area (Å²) >= 11 is 0. The van der Waals surface area contributed by atoms with Crippen LogP contribution in [-0.2, 0) is 19.1 Å². The van der Waals surface area contributed by atoms with Gasteiger partial charge in [0.1, 0.15) is 11.5 Å². The van der Waals surface area contributed by atoms with E-state index in [4.69, 9.17) is 18.9 Å². The molecule has 0 saturated heterocycles. The van der Waals surface area contributed by atoms with Crippen molar-refractivity contribution in [3.05, 3.63) is 130 Å². The first-order valence-corrected chi connectivity index (χ1v) is 18.6. The second kappa shape index (κ2) is 12.7. The van der Waals surface area contributed by atoms with E-state index >= 15 is 0 Å². The summed E-state index contributed by atoms with van der Waals surface area (Å²) in [5.74, 6) is -4.78. The van der Waals surface area contributed by atoms with Crippen LogP contribution in [0.1, 0.15) is 62.1 Å². The summed E-state index contributed by atoms with van der Waals surface area (Å²) in [6.07, 6.45) is 0. The quantitative estimate of drug-likeness (QED) is 0.0529. The van der Waals surface area contributed by atoms with Gasteiger partial charge in [-0.3, -0.25) is 9.59 Å². The summed E-state index contributed by atoms with van der Waals surface area (Å²) in [5, 5.41) is 29.6. The third-order valence-corrected chi connectivity index (χ3v) is 11.8. The molecular weight excluding hydrogens is 801 g/mol. The van der Waals surface area contributed by atoms with Crippen LogP contribution in [-0.4, -0.2) is 59.0 Å². The zero-order chi connectivity index (χ0) is 42.9. The summed E-state index contributed by atoms with van der Waals surface area (Å²) in [6, 6.07) is 26.3. The van der Waals surface area contributed by atoms with Gasteiger partial charge >= 0.3 is 35.8 Å². The Balaban J connectivity index is 0.000000139. The van der Waals surface area contributed by atoms with Gasteiger partial charge in [-0.2, -0.15) is 0 Å². The Hall–Kier alpha value is -9.04. The molecule has 62 heavy (non-hydrogen) atoms. The molecule has 0 radical (unpaired) electrons. The Kier molecular flexibility index (Phi) is 7.41. The normalized spacial score (nSPS) is 13.3. The zero-order valence-electron chi connectivity index (χ0n) is 31.2. The van der Waals surface area contributed by atoms with E-state index in [1.807, 2.05) is 24.3 Å². The summed E-state index contributed by atoms with van der Waals surface area (Å²) in [7, 11) is 0. The Morgan fingerprint density at radius 2 is 0.645 bits per heavy atom. The first kappa shape index (κ1) is 36.1. The Morgan fingerprint density at radius 1 is 0.371 bits per heavy atom. The minimum absolute atomic E-state index is 0.121. The molecule has 0 spiro atoms. The molecule has 2 heterocycles. The maximum atomic E-state index is 12.3. The molecule has 0 amide bonds. The van der Waals surface area contributed by atoms with Crippen LogP contribution in [0, 0.1) is 0 Å². The largest absolute Gasteiger partial charge is 0.478 e. The number of aromatic carboxylic acids is 2. The number of hydrogen-bond acceptors (Lipinski definition) is 12. The molecule has 14 heteroatoms. The number of cyclic esters (lactones) is 4. The second-order valence-corrected chi connectivity index (χ2v) is 14.6. The highest BCUT2D eigenvalue weighted by molar-refractivity contribution is 6.40. The molecule has 0 saturated carbocycles. The standard InChI is InChI=1S/C24H12O8.C24H8O6/c25-9-31-17-7-5-13-11-1-3-15(23(27)28)21-16(24(29)30)4-2-12(19(11)21)14-6-8-18(32-10-26)22(17)20(13)14;25-21-13-5-1-9-10-2-6-15-20-16(24(28)30-23(15)27)8-4-12(18(10)20)11-3-7-14(22(26)29-21)19(13)17(9)11/h1-10H,(H,27,28)(H,29,30);1-8H. The van der Waals surface area contributed by atoms with Crippen molar-refractivity contribution in [3.8, 4) is 11.5 Å². The minimum Gasteiger partial charge on any atom is -0.478 e. The van der Waals surface area contributed by atoms with Gasteiger partial charge in [-0.05, 0) is 120 Å². The van der Waals surface area contributed by atoms with Crippen molar-refractivity contribution in [1.82, 2.24) is 0 Å². The van der Waals surface area contributed by atoms with E-state index in [0.29, 0.717) is 70.7 Å². The van der Waals surface area contributed by atoms with Crippen LogP contribution >= 0.6 is 0 Å². The molecule has 2 N–H and O–H groups in total. The van der Waals surface area contributed by atoms with E-state index in [2.05, 4.69) is 0 Å². The van der Waals surface area contributed by atoms with Crippen molar-refractivity contribution in [2.75, 3.05) is 0 Å². The lowest BCUT2D eigenvalue weighted by Crippen LogP contribution is -2.20. The van der Waals surface area contributed by atoms with Crippen molar-refractivity contribution >= 4 is 135 Å². The van der Waals surface area contributed by atoms with E-state index in [9.17, 15) is 48.6 Å². The summed E-state index contributed by atoms with van der Waals surface area (Å²) in [6.45, 7) is 0.537. The Morgan fingerprint density at radius 3 is 0.952 bits per heavy atom. The second-order valence-electron chi connectivity index (χ2n) is 14.6. The van der Waals surface area contributed by atoms with Gasteiger partial charge in [-0.25, -0.2) is 28.8 Å². The highest BCUT2D eigenvalue weighted by Crippen LogP contribution is 2.48. The van der Waals surface area contributed by atoms with E-state index < -0.39 is 35.8 Å². The average Bonchev–Trinajstić information content (AvgIpc) is 3.26. The number of carbonyl (C=O) groups is 8. The number of hydrogen-bond donors (Lipinski definition) is 2. The fraction of sp³-hybridized carbons (Fsp3) is 0. The maximum Gasteiger partial charge on any atom is 0.346 e. The number of ether oxygens (including phenoxy) is 4. The molecule has 0 bridgehead atoms. The molecule has 0 fully saturated rings. The monoisotopic (exact) mass is 820 g/mol. The molecule has 296 valence electrons. The third-order valence-electron chi connectivity index (χ3n) is 11.8. The number of carboxylic acids is 2. The van der Waals surface area contributed by atoms with Gasteiger partial charge in [0, 0.05) is 21.5 Å². The molecule has 12 rings (SSSR count). The van der Waals surface area contributed by atoms with Gasteiger partial charge in [-0.15, -0.1) is 0 Å². The smallest absolute Gasteiger partial charge is 0.346 e. The Bertz CT molecular complexity index is 3470. The van der Waals surface area contributed by atoms with Crippen LogP contribution < -0.4 is 9.47 Å². The lowest BCUT2D eigenvalue weighted by atomic mass is 9.83. The maximum absolute atomic E-state index is 12.3. The number of rotatable bonds is 6. The zero-order valence-corrected chi connectivity index (χ0v) is 31.2. The third kappa shape index (κ3) is 4.67. The Labute approximate surface area is 343 Å². The van der Waals surface area contributed by atoms with Gasteiger partial charge in [0.2, 0.25) is 0 Å². The molecule has 0 unspecified atom stereocenters. The summed E-state index contributed by atoms with van der Waals surface area (Å²) in [5.41, 5.74) is 1.14. The van der Waals surface area contributed by atoms with Crippen LogP contribution in [0.4, 0.5) is 0 Å². The highest BCUT2D eigenvalue weighted by atomic mass is 16.6. The highest BCUT2D eigenvalue weighted by Gasteiger charge is 2.33. The fourth-order valence-corrected chi connectivity index (χ4v) is 9.44. The molecule has 10 aromatic rings. The SMILES string of the molecule is O=C1OC(=O)c2ccc3c4ccc5c6c(ccc(c7ccc1c2c73)c64)C(=O)OC5=O.O=COc1ccc2c3ccc(C(=O)O)c4c(C(=O)O)ccc(c5ccc(OC=O)c1c25)c43.